The Morgan fingerprint density at radius 2 is 1.87 bits per heavy atom. The second-order valence-corrected chi connectivity index (χ2v) is 7.27. The number of hydrogen-bond donors (Lipinski definition) is 1. The van der Waals surface area contributed by atoms with Crippen molar-refractivity contribution >= 4 is 17.5 Å². The quantitative estimate of drug-likeness (QED) is 0.810. The topological polar surface area (TPSA) is 29.1 Å². The lowest BCUT2D eigenvalue weighted by molar-refractivity contribution is -0.127. The zero-order valence-electron chi connectivity index (χ0n) is 13.1. The minimum atomic E-state index is -1.60. The van der Waals surface area contributed by atoms with E-state index in [4.69, 9.17) is 11.6 Å². The Morgan fingerprint density at radius 1 is 1.22 bits per heavy atom. The number of alkyl halides is 1. The Morgan fingerprint density at radius 3 is 2.52 bits per heavy atom. The van der Waals surface area contributed by atoms with Crippen LogP contribution < -0.4 is 5.32 Å². The van der Waals surface area contributed by atoms with Crippen LogP contribution >= 0.6 is 11.6 Å². The molecule has 23 heavy (non-hydrogen) atoms. The van der Waals surface area contributed by atoms with Crippen molar-refractivity contribution in [3.8, 4) is 0 Å². The summed E-state index contributed by atoms with van der Waals surface area (Å²) >= 11 is 5.97. The molecule has 2 fully saturated rings. The molecular weight excluding hydrogens is 320 g/mol. The van der Waals surface area contributed by atoms with Crippen LogP contribution in [0.3, 0.4) is 0 Å². The van der Waals surface area contributed by atoms with Crippen LogP contribution in [0.5, 0.6) is 0 Å². The molecule has 5 heteroatoms. The molecule has 0 heterocycles. The summed E-state index contributed by atoms with van der Waals surface area (Å²) in [6.07, 6.45) is 5.90. The molecule has 126 valence electrons. The van der Waals surface area contributed by atoms with E-state index in [1.54, 1.807) is 0 Å². The molecule has 3 rings (SSSR count). The third-order valence-electron chi connectivity index (χ3n) is 5.23. The molecule has 2 nitrogen and oxygen atoms in total. The number of rotatable bonds is 4. The van der Waals surface area contributed by atoms with Crippen molar-refractivity contribution in [1.29, 1.82) is 0 Å². The first-order valence-electron chi connectivity index (χ1n) is 8.44. The fraction of sp³-hybridized carbons (Fsp3) is 0.611. The fourth-order valence-corrected chi connectivity index (χ4v) is 4.10. The van der Waals surface area contributed by atoms with E-state index in [0.717, 1.165) is 38.5 Å². The van der Waals surface area contributed by atoms with Crippen molar-refractivity contribution in [2.45, 2.75) is 63.1 Å². The summed E-state index contributed by atoms with van der Waals surface area (Å²) in [5.41, 5.74) is -1.44. The monoisotopic (exact) mass is 341 g/mol. The summed E-state index contributed by atoms with van der Waals surface area (Å²) in [6, 6.07) is 3.16. The molecule has 0 saturated heterocycles. The molecule has 0 aromatic heterocycles. The van der Waals surface area contributed by atoms with Gasteiger partial charge in [-0.05, 0) is 43.9 Å². The molecule has 1 N–H and O–H groups in total. The Balaban J connectivity index is 1.90. The first kappa shape index (κ1) is 16.7. The van der Waals surface area contributed by atoms with Gasteiger partial charge < -0.3 is 5.32 Å². The maximum absolute atomic E-state index is 15.4. The normalized spacial score (nSPS) is 22.2. The van der Waals surface area contributed by atoms with E-state index >= 15 is 4.39 Å². The van der Waals surface area contributed by atoms with Crippen molar-refractivity contribution in [2.24, 2.45) is 5.92 Å². The standard InChI is InChI=1S/C18H22ClF2NO/c19-13-7-8-15(20)14(11-13)16(18(21)9-3-4-10-18)22-17(23)12-5-1-2-6-12/h7-8,11-12,16H,1-6,9-10H2,(H,22,23). The van der Waals surface area contributed by atoms with Crippen molar-refractivity contribution in [2.75, 3.05) is 0 Å². The van der Waals surface area contributed by atoms with E-state index in [0.29, 0.717) is 17.9 Å². The summed E-state index contributed by atoms with van der Waals surface area (Å²) in [5, 5.41) is 3.16. The summed E-state index contributed by atoms with van der Waals surface area (Å²) in [7, 11) is 0. The van der Waals surface area contributed by atoms with E-state index < -0.39 is 17.5 Å². The number of amides is 1. The molecule has 0 radical (unpaired) electrons. The predicted octanol–water partition coefficient (Wildman–Crippen LogP) is 5.11. The van der Waals surface area contributed by atoms with Gasteiger partial charge in [0.15, 0.2) is 0 Å². The molecule has 1 aromatic carbocycles. The maximum Gasteiger partial charge on any atom is 0.223 e. The Kier molecular flexibility index (Phi) is 4.90. The zero-order valence-corrected chi connectivity index (χ0v) is 13.8. The van der Waals surface area contributed by atoms with E-state index in [2.05, 4.69) is 5.32 Å². The van der Waals surface area contributed by atoms with Gasteiger partial charge in [0.1, 0.15) is 11.5 Å². The molecule has 1 unspecified atom stereocenters. The van der Waals surface area contributed by atoms with Crippen molar-refractivity contribution < 1.29 is 13.6 Å². The van der Waals surface area contributed by atoms with E-state index in [9.17, 15) is 9.18 Å². The summed E-state index contributed by atoms with van der Waals surface area (Å²) < 4.78 is 29.7. The van der Waals surface area contributed by atoms with Gasteiger partial charge >= 0.3 is 0 Å². The number of carbonyl (C=O) groups is 1. The first-order valence-corrected chi connectivity index (χ1v) is 8.82. The number of hydrogen-bond acceptors (Lipinski definition) is 1. The largest absolute Gasteiger partial charge is 0.346 e. The van der Waals surface area contributed by atoms with Crippen LogP contribution in [0.2, 0.25) is 5.02 Å². The molecular formula is C18H22ClF2NO. The summed E-state index contributed by atoms with van der Waals surface area (Å²) in [6.45, 7) is 0. The molecule has 0 spiro atoms. The number of halogens is 3. The maximum atomic E-state index is 15.4. The summed E-state index contributed by atoms with van der Waals surface area (Å²) in [5.74, 6) is -0.754. The number of carbonyl (C=O) groups excluding carboxylic acids is 1. The number of nitrogens with one attached hydrogen (secondary N) is 1. The van der Waals surface area contributed by atoms with Gasteiger partial charge in [-0.15, -0.1) is 0 Å². The third kappa shape index (κ3) is 3.52. The summed E-state index contributed by atoms with van der Waals surface area (Å²) in [4.78, 5) is 12.5. The minimum Gasteiger partial charge on any atom is -0.346 e. The van der Waals surface area contributed by atoms with Crippen LogP contribution in [-0.4, -0.2) is 11.6 Å². The van der Waals surface area contributed by atoms with E-state index in [1.807, 2.05) is 0 Å². The molecule has 1 atom stereocenters. The highest BCUT2D eigenvalue weighted by Crippen LogP contribution is 2.44. The molecule has 2 aliphatic carbocycles. The first-order chi connectivity index (χ1) is 11.0. The van der Waals surface area contributed by atoms with Gasteiger partial charge in [-0.2, -0.15) is 0 Å². The molecule has 2 saturated carbocycles. The van der Waals surface area contributed by atoms with Crippen molar-refractivity contribution in [1.82, 2.24) is 5.32 Å². The van der Waals surface area contributed by atoms with Crippen LogP contribution in [-0.2, 0) is 4.79 Å². The van der Waals surface area contributed by atoms with Gasteiger partial charge in [0.25, 0.3) is 0 Å². The smallest absolute Gasteiger partial charge is 0.223 e. The average Bonchev–Trinajstić information content (AvgIpc) is 3.19. The van der Waals surface area contributed by atoms with Gasteiger partial charge in [0.2, 0.25) is 5.91 Å². The second kappa shape index (κ2) is 6.76. The molecule has 0 aliphatic heterocycles. The highest BCUT2D eigenvalue weighted by atomic mass is 35.5. The van der Waals surface area contributed by atoms with Crippen molar-refractivity contribution in [3.63, 3.8) is 0 Å². The SMILES string of the molecule is O=C(NC(c1cc(Cl)ccc1F)C1(F)CCCC1)C1CCCC1. The molecule has 2 aliphatic rings. The Labute approximate surface area is 140 Å². The molecule has 1 aromatic rings. The second-order valence-electron chi connectivity index (χ2n) is 6.83. The predicted molar refractivity (Wildman–Crippen MR) is 86.6 cm³/mol. The van der Waals surface area contributed by atoms with Gasteiger partial charge in [0.05, 0.1) is 6.04 Å². The van der Waals surface area contributed by atoms with Crippen LogP contribution in [0.25, 0.3) is 0 Å². The molecule has 0 bridgehead atoms. The van der Waals surface area contributed by atoms with Crippen molar-refractivity contribution in [3.05, 3.63) is 34.6 Å². The highest BCUT2D eigenvalue weighted by Gasteiger charge is 2.45. The van der Waals surface area contributed by atoms with Crippen LogP contribution in [0.4, 0.5) is 8.78 Å². The highest BCUT2D eigenvalue weighted by molar-refractivity contribution is 6.30. The Bertz CT molecular complexity index is 580. The van der Waals surface area contributed by atoms with Crippen LogP contribution in [0, 0.1) is 11.7 Å². The van der Waals surface area contributed by atoms with Gasteiger partial charge in [-0.25, -0.2) is 8.78 Å². The van der Waals surface area contributed by atoms with Crippen LogP contribution in [0.1, 0.15) is 63.0 Å². The van der Waals surface area contributed by atoms with E-state index in [1.165, 1.54) is 18.2 Å². The zero-order chi connectivity index (χ0) is 16.4. The fourth-order valence-electron chi connectivity index (χ4n) is 3.92. The van der Waals surface area contributed by atoms with Gasteiger partial charge in [0, 0.05) is 16.5 Å². The minimum absolute atomic E-state index is 0.0789. The lowest BCUT2D eigenvalue weighted by Gasteiger charge is -2.32. The average molecular weight is 342 g/mol. The molecule has 1 amide bonds. The number of benzene rings is 1. The van der Waals surface area contributed by atoms with E-state index in [-0.39, 0.29) is 17.4 Å². The van der Waals surface area contributed by atoms with Crippen LogP contribution in [0.15, 0.2) is 18.2 Å². The lowest BCUT2D eigenvalue weighted by Crippen LogP contribution is -2.44. The lowest BCUT2D eigenvalue weighted by atomic mass is 9.87. The van der Waals surface area contributed by atoms with Gasteiger partial charge in [-0.1, -0.05) is 37.3 Å². The Hall–Kier alpha value is -1.16. The third-order valence-corrected chi connectivity index (χ3v) is 5.47. The van der Waals surface area contributed by atoms with Gasteiger partial charge in [-0.3, -0.25) is 4.79 Å².